The number of aliphatic carboxylic acids is 1. The molecule has 1 saturated heterocycles. The van der Waals surface area contributed by atoms with Crippen LogP contribution in [0.25, 0.3) is 10.1 Å². The molecule has 0 bridgehead atoms. The molecule has 1 aliphatic rings. The van der Waals surface area contributed by atoms with Gasteiger partial charge in [0.25, 0.3) is 0 Å². The van der Waals surface area contributed by atoms with Gasteiger partial charge in [-0.15, -0.1) is 11.3 Å². The number of thiophene rings is 1. The van der Waals surface area contributed by atoms with Crippen LogP contribution in [-0.2, 0) is 9.59 Å². The van der Waals surface area contributed by atoms with Gasteiger partial charge in [-0.3, -0.25) is 9.59 Å². The Morgan fingerprint density at radius 1 is 1.24 bits per heavy atom. The first-order chi connectivity index (χ1) is 13.8. The first kappa shape index (κ1) is 21.1. The summed E-state index contributed by atoms with van der Waals surface area (Å²) in [4.78, 5) is 38.6. The molecule has 3 N–H and O–H groups in total. The number of urea groups is 1. The number of carboxylic acids is 1. The highest BCUT2D eigenvalue weighted by molar-refractivity contribution is 7.17. The van der Waals surface area contributed by atoms with E-state index in [2.05, 4.69) is 10.6 Å². The highest BCUT2D eigenvalue weighted by Gasteiger charge is 2.39. The number of piperidine rings is 1. The van der Waals surface area contributed by atoms with E-state index in [-0.39, 0.29) is 5.91 Å². The minimum Gasteiger partial charge on any atom is -0.481 e. The third-order valence-electron chi connectivity index (χ3n) is 5.45. The van der Waals surface area contributed by atoms with Gasteiger partial charge in [-0.25, -0.2) is 4.79 Å². The van der Waals surface area contributed by atoms with Crippen molar-refractivity contribution in [1.29, 1.82) is 0 Å². The zero-order chi connectivity index (χ0) is 21.0. The van der Waals surface area contributed by atoms with E-state index in [0.29, 0.717) is 38.0 Å². The van der Waals surface area contributed by atoms with Crippen molar-refractivity contribution in [2.75, 3.05) is 18.4 Å². The van der Waals surface area contributed by atoms with Crippen LogP contribution >= 0.6 is 11.3 Å². The lowest BCUT2D eigenvalue weighted by Crippen LogP contribution is -2.59. The van der Waals surface area contributed by atoms with Gasteiger partial charge in [0, 0.05) is 23.5 Å². The van der Waals surface area contributed by atoms with E-state index in [1.807, 2.05) is 36.6 Å². The van der Waals surface area contributed by atoms with Crippen molar-refractivity contribution in [2.45, 2.75) is 45.1 Å². The number of nitrogens with one attached hydrogen (secondary N) is 2. The third kappa shape index (κ3) is 4.87. The van der Waals surface area contributed by atoms with Gasteiger partial charge in [-0.2, -0.15) is 0 Å². The number of anilines is 1. The average Bonchev–Trinajstić information content (AvgIpc) is 3.15. The minimum atomic E-state index is -1.04. The summed E-state index contributed by atoms with van der Waals surface area (Å²) in [5, 5.41) is 17.9. The van der Waals surface area contributed by atoms with Crippen LogP contribution in [0.15, 0.2) is 29.6 Å². The van der Waals surface area contributed by atoms with Crippen molar-refractivity contribution in [3.8, 4) is 0 Å². The number of carbonyl (C=O) groups is 3. The second kappa shape index (κ2) is 8.82. The van der Waals surface area contributed by atoms with Crippen LogP contribution in [0.3, 0.4) is 0 Å². The Labute approximate surface area is 174 Å². The van der Waals surface area contributed by atoms with E-state index in [1.54, 1.807) is 23.2 Å². The standard InChI is InChI=1S/C21H27N3O4S/c1-3-9-21(2,19(27)24-10-6-14(7-11-24)18(25)26)23-20(28)22-16-4-5-17-15(13-16)8-12-29-17/h4-5,8,12-14H,3,6-7,9-11H2,1-2H3,(H,25,26)(H2,22,23,28). The van der Waals surface area contributed by atoms with Crippen LogP contribution < -0.4 is 10.6 Å². The van der Waals surface area contributed by atoms with Crippen LogP contribution in [0.4, 0.5) is 10.5 Å². The summed E-state index contributed by atoms with van der Waals surface area (Å²) in [5.41, 5.74) is -0.372. The van der Waals surface area contributed by atoms with E-state index >= 15 is 0 Å². The summed E-state index contributed by atoms with van der Waals surface area (Å²) >= 11 is 1.64. The maximum Gasteiger partial charge on any atom is 0.320 e. The lowest BCUT2D eigenvalue weighted by molar-refractivity contribution is -0.147. The fraction of sp³-hybridized carbons (Fsp3) is 0.476. The van der Waals surface area contributed by atoms with Gasteiger partial charge in [0.05, 0.1) is 5.92 Å². The van der Waals surface area contributed by atoms with Crippen LogP contribution in [0.2, 0.25) is 0 Å². The molecular formula is C21H27N3O4S. The molecule has 3 rings (SSSR count). The molecule has 3 amide bonds. The number of fused-ring (bicyclic) bond motifs is 1. The van der Waals surface area contributed by atoms with Gasteiger partial charge >= 0.3 is 12.0 Å². The van der Waals surface area contributed by atoms with Gasteiger partial charge in [-0.1, -0.05) is 13.3 Å². The molecule has 8 heteroatoms. The van der Waals surface area contributed by atoms with Gasteiger partial charge in [0.2, 0.25) is 5.91 Å². The number of hydrogen-bond acceptors (Lipinski definition) is 4. The van der Waals surface area contributed by atoms with E-state index in [9.17, 15) is 14.4 Å². The maximum atomic E-state index is 13.2. The fourth-order valence-corrected chi connectivity index (χ4v) is 4.63. The monoisotopic (exact) mass is 417 g/mol. The van der Waals surface area contributed by atoms with Crippen molar-refractivity contribution in [3.63, 3.8) is 0 Å². The Morgan fingerprint density at radius 2 is 1.97 bits per heavy atom. The van der Waals surface area contributed by atoms with Crippen molar-refractivity contribution in [1.82, 2.24) is 10.2 Å². The SMILES string of the molecule is CCCC(C)(NC(=O)Nc1ccc2sccc2c1)C(=O)N1CCC(C(=O)O)CC1. The lowest BCUT2D eigenvalue weighted by Gasteiger charge is -2.38. The van der Waals surface area contributed by atoms with Crippen LogP contribution in [-0.4, -0.2) is 46.5 Å². The molecular weight excluding hydrogens is 390 g/mol. The minimum absolute atomic E-state index is 0.161. The van der Waals surface area contributed by atoms with Crippen LogP contribution in [0.1, 0.15) is 39.5 Å². The topological polar surface area (TPSA) is 98.7 Å². The molecule has 29 heavy (non-hydrogen) atoms. The summed E-state index contributed by atoms with van der Waals surface area (Å²) in [6.07, 6.45) is 2.11. The number of carbonyl (C=O) groups excluding carboxylic acids is 2. The zero-order valence-electron chi connectivity index (χ0n) is 16.7. The summed E-state index contributed by atoms with van der Waals surface area (Å²) in [7, 11) is 0. The van der Waals surface area contributed by atoms with Crippen molar-refractivity contribution < 1.29 is 19.5 Å². The second-order valence-corrected chi connectivity index (χ2v) is 8.69. The van der Waals surface area contributed by atoms with Crippen LogP contribution in [0, 0.1) is 5.92 Å². The van der Waals surface area contributed by atoms with Crippen molar-refractivity contribution >= 4 is 45.0 Å². The highest BCUT2D eigenvalue weighted by Crippen LogP contribution is 2.25. The number of carboxylic acid groups (broad SMARTS) is 1. The second-order valence-electron chi connectivity index (χ2n) is 7.74. The number of nitrogens with zero attached hydrogens (tertiary/aromatic N) is 1. The average molecular weight is 418 g/mol. The lowest BCUT2D eigenvalue weighted by atomic mass is 9.91. The molecule has 0 saturated carbocycles. The first-order valence-electron chi connectivity index (χ1n) is 9.91. The summed E-state index contributed by atoms with van der Waals surface area (Å²) in [6, 6.07) is 7.27. The maximum absolute atomic E-state index is 13.2. The molecule has 1 aliphatic heterocycles. The summed E-state index contributed by atoms with van der Waals surface area (Å²) < 4.78 is 1.15. The molecule has 0 spiro atoms. The molecule has 1 atom stereocenters. The van der Waals surface area contributed by atoms with E-state index in [4.69, 9.17) is 5.11 Å². The Bertz CT molecular complexity index is 904. The fourth-order valence-electron chi connectivity index (χ4n) is 3.86. The van der Waals surface area contributed by atoms with Gasteiger partial charge < -0.3 is 20.6 Å². The van der Waals surface area contributed by atoms with Crippen molar-refractivity contribution in [3.05, 3.63) is 29.6 Å². The summed E-state index contributed by atoms with van der Waals surface area (Å²) in [6.45, 7) is 4.50. The van der Waals surface area contributed by atoms with E-state index < -0.39 is 23.5 Å². The molecule has 1 aromatic heterocycles. The highest BCUT2D eigenvalue weighted by atomic mass is 32.1. The Hall–Kier alpha value is -2.61. The first-order valence-corrected chi connectivity index (χ1v) is 10.8. The van der Waals surface area contributed by atoms with E-state index in [0.717, 1.165) is 16.5 Å². The number of likely N-dealkylation sites (tertiary alicyclic amines) is 1. The number of rotatable bonds is 6. The largest absolute Gasteiger partial charge is 0.481 e. The zero-order valence-corrected chi connectivity index (χ0v) is 17.6. The van der Waals surface area contributed by atoms with Crippen LogP contribution in [0.5, 0.6) is 0 Å². The normalized spacial score (nSPS) is 17.0. The van der Waals surface area contributed by atoms with Crippen molar-refractivity contribution in [2.24, 2.45) is 5.92 Å². The smallest absolute Gasteiger partial charge is 0.320 e. The van der Waals surface area contributed by atoms with Gasteiger partial charge in [-0.05, 0) is 61.2 Å². The quantitative estimate of drug-likeness (QED) is 0.664. The van der Waals surface area contributed by atoms with E-state index in [1.165, 1.54) is 0 Å². The number of benzene rings is 1. The molecule has 7 nitrogen and oxygen atoms in total. The Morgan fingerprint density at radius 3 is 2.62 bits per heavy atom. The molecule has 2 heterocycles. The molecule has 1 unspecified atom stereocenters. The molecule has 0 aliphatic carbocycles. The predicted octanol–water partition coefficient (Wildman–Crippen LogP) is 3.90. The predicted molar refractivity (Wildman–Crippen MR) is 114 cm³/mol. The molecule has 2 aromatic rings. The molecule has 0 radical (unpaired) electrons. The Kier molecular flexibility index (Phi) is 6.42. The third-order valence-corrected chi connectivity index (χ3v) is 6.35. The molecule has 1 aromatic carbocycles. The van der Waals surface area contributed by atoms with Gasteiger partial charge in [0.1, 0.15) is 5.54 Å². The molecule has 156 valence electrons. The molecule has 1 fully saturated rings. The van der Waals surface area contributed by atoms with Gasteiger partial charge in [0.15, 0.2) is 0 Å². The number of amides is 3. The Balaban J connectivity index is 1.66. The number of hydrogen-bond donors (Lipinski definition) is 3. The summed E-state index contributed by atoms with van der Waals surface area (Å²) in [5.74, 6) is -1.38.